The van der Waals surface area contributed by atoms with Gasteiger partial charge in [0.1, 0.15) is 12.4 Å². The first-order chi connectivity index (χ1) is 16.7. The highest BCUT2D eigenvalue weighted by atomic mass is 19.1. The zero-order valence-corrected chi connectivity index (χ0v) is 19.9. The van der Waals surface area contributed by atoms with Gasteiger partial charge in [0.15, 0.2) is 17.5 Å². The quantitative estimate of drug-likeness (QED) is 0.348. The number of carbonyl (C=O) groups excluding carboxylic acids is 2. The lowest BCUT2D eigenvalue weighted by atomic mass is 10.1. The van der Waals surface area contributed by atoms with Crippen molar-refractivity contribution in [1.82, 2.24) is 0 Å². The van der Waals surface area contributed by atoms with E-state index in [1.54, 1.807) is 26.4 Å². The lowest BCUT2D eigenvalue weighted by molar-refractivity contribution is -0.908. The van der Waals surface area contributed by atoms with Crippen molar-refractivity contribution in [3.8, 4) is 11.5 Å². The molecule has 0 bridgehead atoms. The number of esters is 1. The molecule has 0 amide bonds. The highest BCUT2D eigenvalue weighted by Crippen LogP contribution is 2.27. The van der Waals surface area contributed by atoms with Crippen LogP contribution in [0.25, 0.3) is 6.08 Å². The van der Waals surface area contributed by atoms with E-state index >= 15 is 0 Å². The first kappa shape index (κ1) is 29.1. The molecule has 0 aromatic heterocycles. The average molecular weight is 492 g/mol. The van der Waals surface area contributed by atoms with Crippen LogP contribution >= 0.6 is 0 Å². The molecule has 35 heavy (non-hydrogen) atoms. The Labute approximate surface area is 203 Å². The molecule has 1 atom stereocenters. The maximum absolute atomic E-state index is 13.2. The van der Waals surface area contributed by atoms with E-state index in [-0.39, 0.29) is 11.8 Å². The number of aliphatic carboxylic acids is 2. The monoisotopic (exact) mass is 491 g/mol. The third-order valence-electron chi connectivity index (χ3n) is 4.81. The van der Waals surface area contributed by atoms with Crippen LogP contribution in [0.4, 0.5) is 4.39 Å². The molecule has 0 spiro atoms. The van der Waals surface area contributed by atoms with Crippen molar-refractivity contribution in [2.24, 2.45) is 0 Å². The number of nitrogens with one attached hydrogen (secondary N) is 1. The van der Waals surface area contributed by atoms with Crippen molar-refractivity contribution in [3.63, 3.8) is 0 Å². The first-order valence-corrected chi connectivity index (χ1v) is 10.7. The molecule has 9 nitrogen and oxygen atoms in total. The summed E-state index contributed by atoms with van der Waals surface area (Å²) < 4.78 is 28.5. The molecule has 0 radical (unpaired) electrons. The number of hydrogen-bond acceptors (Lipinski definition) is 7. The topological polar surface area (TPSA) is 127 Å². The van der Waals surface area contributed by atoms with Crippen LogP contribution in [0.5, 0.6) is 11.5 Å². The summed E-state index contributed by atoms with van der Waals surface area (Å²) in [5, 5.41) is 16.3. The highest BCUT2D eigenvalue weighted by molar-refractivity contribution is 6.26. The normalized spacial score (nSPS) is 11.2. The van der Waals surface area contributed by atoms with E-state index in [0.29, 0.717) is 17.9 Å². The Balaban J connectivity index is 0.000000905. The fourth-order valence-electron chi connectivity index (χ4n) is 3.06. The van der Waals surface area contributed by atoms with E-state index in [1.807, 2.05) is 24.3 Å². The largest absolute Gasteiger partial charge is 0.539 e. The SMILES string of the molecule is COC(=O)CCC[NH+](C/C=C/c1ccc(OC)c(OC)c1)Cc1ccc(F)cc1.O=C([O-])C(=O)O. The van der Waals surface area contributed by atoms with Crippen LogP contribution in [0, 0.1) is 5.82 Å². The van der Waals surface area contributed by atoms with Crippen molar-refractivity contribution in [2.45, 2.75) is 19.4 Å². The fourth-order valence-corrected chi connectivity index (χ4v) is 3.06. The Morgan fingerprint density at radius 2 is 1.66 bits per heavy atom. The second-order valence-corrected chi connectivity index (χ2v) is 7.30. The number of carboxylic acids is 2. The van der Waals surface area contributed by atoms with Crippen molar-refractivity contribution in [3.05, 3.63) is 65.5 Å². The van der Waals surface area contributed by atoms with Crippen LogP contribution in [0.2, 0.25) is 0 Å². The number of benzene rings is 2. The lowest BCUT2D eigenvalue weighted by Gasteiger charge is -2.18. The number of methoxy groups -OCH3 is 3. The lowest BCUT2D eigenvalue weighted by Crippen LogP contribution is -3.10. The van der Waals surface area contributed by atoms with Gasteiger partial charge in [-0.1, -0.05) is 24.3 Å². The van der Waals surface area contributed by atoms with Crippen molar-refractivity contribution >= 4 is 24.0 Å². The Bertz CT molecular complexity index is 979. The van der Waals surface area contributed by atoms with E-state index in [1.165, 1.54) is 24.1 Å². The minimum atomic E-state index is -2.07. The number of ether oxygens (including phenoxy) is 3. The van der Waals surface area contributed by atoms with Crippen LogP contribution < -0.4 is 19.5 Å². The first-order valence-electron chi connectivity index (χ1n) is 10.7. The summed E-state index contributed by atoms with van der Waals surface area (Å²) in [5.41, 5.74) is 2.07. The van der Waals surface area contributed by atoms with Crippen LogP contribution in [0.1, 0.15) is 24.0 Å². The summed E-state index contributed by atoms with van der Waals surface area (Å²) >= 11 is 0. The summed E-state index contributed by atoms with van der Waals surface area (Å²) in [7, 11) is 4.62. The Kier molecular flexibility index (Phi) is 13.2. The van der Waals surface area contributed by atoms with Gasteiger partial charge in [-0.15, -0.1) is 0 Å². The van der Waals surface area contributed by atoms with E-state index < -0.39 is 11.9 Å². The van der Waals surface area contributed by atoms with E-state index in [4.69, 9.17) is 34.0 Å². The molecular weight excluding hydrogens is 461 g/mol. The number of halogens is 1. The number of rotatable bonds is 11. The number of carbonyl (C=O) groups is 3. The summed E-state index contributed by atoms with van der Waals surface area (Å²) in [4.78, 5) is 30.7. The minimum absolute atomic E-state index is 0.202. The zero-order valence-electron chi connectivity index (χ0n) is 19.9. The van der Waals surface area contributed by atoms with Gasteiger partial charge in [-0.3, -0.25) is 4.79 Å². The second kappa shape index (κ2) is 15.8. The molecule has 0 aliphatic heterocycles. The molecule has 1 unspecified atom stereocenters. The van der Waals surface area contributed by atoms with Crippen molar-refractivity contribution in [1.29, 1.82) is 0 Å². The fraction of sp³-hybridized carbons (Fsp3) is 0.320. The van der Waals surface area contributed by atoms with E-state index in [2.05, 4.69) is 6.08 Å². The maximum Gasteiger partial charge on any atom is 0.351 e. The van der Waals surface area contributed by atoms with Gasteiger partial charge in [0.05, 0.1) is 40.8 Å². The summed E-state index contributed by atoms with van der Waals surface area (Å²) in [6, 6.07) is 12.3. The van der Waals surface area contributed by atoms with Crippen LogP contribution in [-0.4, -0.2) is 57.4 Å². The molecule has 0 aliphatic rings. The van der Waals surface area contributed by atoms with Crippen LogP contribution in [-0.2, 0) is 25.7 Å². The molecular formula is C25H30FNO8. The van der Waals surface area contributed by atoms with Gasteiger partial charge in [0.2, 0.25) is 0 Å². The molecule has 2 N–H and O–H groups in total. The maximum atomic E-state index is 13.2. The van der Waals surface area contributed by atoms with Crippen molar-refractivity contribution < 1.29 is 48.1 Å². The van der Waals surface area contributed by atoms with Gasteiger partial charge in [-0.25, -0.2) is 9.18 Å². The molecule has 190 valence electrons. The van der Waals surface area contributed by atoms with Gasteiger partial charge in [-0.2, -0.15) is 0 Å². The Morgan fingerprint density at radius 3 is 2.20 bits per heavy atom. The second-order valence-electron chi connectivity index (χ2n) is 7.30. The van der Waals surface area contributed by atoms with E-state index in [0.717, 1.165) is 37.2 Å². The highest BCUT2D eigenvalue weighted by Gasteiger charge is 2.10. The molecule has 0 saturated heterocycles. The van der Waals surface area contributed by atoms with Gasteiger partial charge in [0.25, 0.3) is 0 Å². The number of hydrogen-bond donors (Lipinski definition) is 2. The zero-order chi connectivity index (χ0) is 26.2. The Hall–Kier alpha value is -3.92. The molecule has 0 heterocycles. The molecule has 0 saturated carbocycles. The standard InChI is InChI=1S/C23H28FNO4.C2H2O4/c1-27-21-13-10-18(16-22(21)28-2)6-4-14-25(15-5-7-23(26)29-3)17-19-8-11-20(24)12-9-19;3-1(4)2(5)6/h4,6,8-13,16H,5,7,14-15,17H2,1-3H3;(H,3,4)(H,5,6)/b6-4+;. The predicted octanol–water partition coefficient (Wildman–Crippen LogP) is 0.715. The molecule has 2 aromatic carbocycles. The molecule has 0 aliphatic carbocycles. The smallest absolute Gasteiger partial charge is 0.351 e. The molecule has 2 aromatic rings. The van der Waals surface area contributed by atoms with Crippen LogP contribution in [0.15, 0.2) is 48.5 Å². The van der Waals surface area contributed by atoms with Gasteiger partial charge in [0, 0.05) is 12.0 Å². The number of carboxylic acid groups (broad SMARTS) is 2. The van der Waals surface area contributed by atoms with Gasteiger partial charge in [-0.05, 0) is 35.9 Å². The Morgan fingerprint density at radius 1 is 1.03 bits per heavy atom. The summed E-state index contributed by atoms with van der Waals surface area (Å²) in [6.45, 7) is 2.33. The third kappa shape index (κ3) is 11.7. The third-order valence-corrected chi connectivity index (χ3v) is 4.81. The molecule has 2 rings (SSSR count). The summed E-state index contributed by atoms with van der Waals surface area (Å²) in [5.74, 6) is -3.08. The van der Waals surface area contributed by atoms with Crippen molar-refractivity contribution in [2.75, 3.05) is 34.4 Å². The summed E-state index contributed by atoms with van der Waals surface area (Å²) in [6.07, 6.45) is 5.25. The predicted molar refractivity (Wildman–Crippen MR) is 123 cm³/mol. The van der Waals surface area contributed by atoms with Gasteiger partial charge >= 0.3 is 11.9 Å². The number of quaternary nitrogens is 1. The van der Waals surface area contributed by atoms with Gasteiger partial charge < -0.3 is 34.1 Å². The molecule has 10 heteroatoms. The average Bonchev–Trinajstić information content (AvgIpc) is 2.85. The minimum Gasteiger partial charge on any atom is -0.539 e. The van der Waals surface area contributed by atoms with E-state index in [9.17, 15) is 9.18 Å². The van der Waals surface area contributed by atoms with Crippen LogP contribution in [0.3, 0.4) is 0 Å². The molecule has 0 fully saturated rings.